The van der Waals surface area contributed by atoms with Crippen molar-refractivity contribution in [3.63, 3.8) is 0 Å². The summed E-state index contributed by atoms with van der Waals surface area (Å²) in [5.74, 6) is 1.35. The third-order valence-electron chi connectivity index (χ3n) is 3.35. The zero-order valence-electron chi connectivity index (χ0n) is 13.5. The molecule has 21 heavy (non-hydrogen) atoms. The summed E-state index contributed by atoms with van der Waals surface area (Å²) >= 11 is 0. The van der Waals surface area contributed by atoms with E-state index in [-0.39, 0.29) is 0 Å². The molecule has 0 fully saturated rings. The maximum absolute atomic E-state index is 9.22. The molecule has 0 unspecified atom stereocenters. The van der Waals surface area contributed by atoms with Gasteiger partial charge in [-0.15, -0.1) is 0 Å². The zero-order valence-corrected chi connectivity index (χ0v) is 14.4. The van der Waals surface area contributed by atoms with Crippen LogP contribution in [0.3, 0.4) is 0 Å². The number of rotatable bonds is 8. The van der Waals surface area contributed by atoms with Crippen LogP contribution >= 0.6 is 0 Å². The SMILES string of the molecule is CCCCCCCC[n+]1ccn(C)c1C.COS(=O)(=O)[O-]. The van der Waals surface area contributed by atoms with Gasteiger partial charge in [-0.2, -0.15) is 0 Å². The van der Waals surface area contributed by atoms with Gasteiger partial charge in [0.2, 0.25) is 10.4 Å². The molecule has 1 aromatic heterocycles. The fraction of sp³-hybridized carbons (Fsp3) is 0.786. The van der Waals surface area contributed by atoms with Crippen LogP contribution in [-0.2, 0) is 28.2 Å². The molecule has 1 heterocycles. The maximum Gasteiger partial charge on any atom is 0.253 e. The molecule has 0 aliphatic heterocycles. The molecule has 1 rings (SSSR count). The lowest BCUT2D eigenvalue weighted by atomic mass is 10.1. The number of hydrogen-bond acceptors (Lipinski definition) is 4. The highest BCUT2D eigenvalue weighted by atomic mass is 32.3. The van der Waals surface area contributed by atoms with Gasteiger partial charge in [-0.25, -0.2) is 17.6 Å². The van der Waals surface area contributed by atoms with Crippen molar-refractivity contribution in [1.82, 2.24) is 4.57 Å². The third kappa shape index (κ3) is 10.4. The van der Waals surface area contributed by atoms with Crippen molar-refractivity contribution >= 4 is 10.4 Å². The first-order valence-electron chi connectivity index (χ1n) is 7.34. The predicted molar refractivity (Wildman–Crippen MR) is 80.4 cm³/mol. The standard InChI is InChI=1S/C13H25N2.CH4O4S/c1-4-5-6-7-8-9-10-15-12-11-14(3)13(15)2;1-5-6(2,3)4/h11-12H,4-10H2,1-3H3;1H3,(H,2,3,4)/q+1;/p-1. The van der Waals surface area contributed by atoms with Gasteiger partial charge in [0.1, 0.15) is 12.4 Å². The second-order valence-corrected chi connectivity index (χ2v) is 6.14. The number of nitrogens with zero attached hydrogens (tertiary/aromatic N) is 2. The van der Waals surface area contributed by atoms with E-state index in [2.05, 4.69) is 46.6 Å². The van der Waals surface area contributed by atoms with Gasteiger partial charge in [-0.1, -0.05) is 32.6 Å². The number of unbranched alkanes of at least 4 members (excludes halogenated alkanes) is 5. The normalized spacial score (nSPS) is 11.1. The molecule has 124 valence electrons. The Hall–Kier alpha value is -0.920. The van der Waals surface area contributed by atoms with Gasteiger partial charge >= 0.3 is 0 Å². The smallest absolute Gasteiger partial charge is 0.253 e. The van der Waals surface area contributed by atoms with Crippen molar-refractivity contribution in [2.75, 3.05) is 7.11 Å². The minimum atomic E-state index is -4.41. The molecule has 6 nitrogen and oxygen atoms in total. The Bertz CT molecular complexity index is 483. The maximum atomic E-state index is 9.22. The molecule has 0 radical (unpaired) electrons. The Morgan fingerprint density at radius 3 is 2.19 bits per heavy atom. The average Bonchev–Trinajstić information content (AvgIpc) is 2.74. The first-order valence-corrected chi connectivity index (χ1v) is 8.68. The summed E-state index contributed by atoms with van der Waals surface area (Å²) in [6, 6.07) is 0. The second-order valence-electron chi connectivity index (χ2n) is 4.99. The summed E-state index contributed by atoms with van der Waals surface area (Å²) in [5, 5.41) is 0. The highest BCUT2D eigenvalue weighted by Gasteiger charge is 2.07. The summed E-state index contributed by atoms with van der Waals surface area (Å²) in [6.07, 6.45) is 12.6. The number of hydrogen-bond donors (Lipinski definition) is 0. The molecule has 0 spiro atoms. The fourth-order valence-electron chi connectivity index (χ4n) is 1.90. The quantitative estimate of drug-likeness (QED) is 0.318. The van der Waals surface area contributed by atoms with Gasteiger partial charge < -0.3 is 4.55 Å². The largest absolute Gasteiger partial charge is 0.726 e. The van der Waals surface area contributed by atoms with E-state index in [1.165, 1.54) is 50.9 Å². The lowest BCUT2D eigenvalue weighted by Gasteiger charge is -2.00. The minimum absolute atomic E-state index is 0.808. The topological polar surface area (TPSA) is 75.2 Å². The Morgan fingerprint density at radius 1 is 1.24 bits per heavy atom. The molecule has 0 amide bonds. The molecule has 0 atom stereocenters. The van der Waals surface area contributed by atoms with E-state index in [1.807, 2.05) is 0 Å². The predicted octanol–water partition coefficient (Wildman–Crippen LogP) is 2.07. The van der Waals surface area contributed by atoms with Crippen LogP contribution in [0, 0.1) is 6.92 Å². The second kappa shape index (κ2) is 10.8. The Kier molecular flexibility index (Phi) is 10.3. The van der Waals surface area contributed by atoms with Crippen molar-refractivity contribution < 1.29 is 21.7 Å². The van der Waals surface area contributed by atoms with Crippen LogP contribution in [0.2, 0.25) is 0 Å². The summed E-state index contributed by atoms with van der Waals surface area (Å²) in [4.78, 5) is 0. The van der Waals surface area contributed by atoms with Crippen molar-refractivity contribution in [3.8, 4) is 0 Å². The molecule has 0 aromatic carbocycles. The first kappa shape index (κ1) is 20.1. The molecule has 0 saturated carbocycles. The van der Waals surface area contributed by atoms with Gasteiger partial charge in [0.05, 0.1) is 20.7 Å². The molecule has 0 N–H and O–H groups in total. The van der Waals surface area contributed by atoms with Gasteiger partial charge in [-0.05, 0) is 12.8 Å². The minimum Gasteiger partial charge on any atom is -0.726 e. The molecule has 7 heteroatoms. The van der Waals surface area contributed by atoms with Crippen molar-refractivity contribution in [2.45, 2.75) is 58.9 Å². The third-order valence-corrected chi connectivity index (χ3v) is 3.76. The van der Waals surface area contributed by atoms with Crippen LogP contribution in [0.15, 0.2) is 12.4 Å². The summed E-state index contributed by atoms with van der Waals surface area (Å²) < 4.78 is 35.5. The Labute approximate surface area is 128 Å². The van der Waals surface area contributed by atoms with Crippen LogP contribution in [0.4, 0.5) is 0 Å². The first-order chi connectivity index (χ1) is 9.81. The van der Waals surface area contributed by atoms with Crippen molar-refractivity contribution in [1.29, 1.82) is 0 Å². The highest BCUT2D eigenvalue weighted by Crippen LogP contribution is 2.04. The highest BCUT2D eigenvalue weighted by molar-refractivity contribution is 7.80. The molecular weight excluding hydrogens is 292 g/mol. The Morgan fingerprint density at radius 2 is 1.76 bits per heavy atom. The monoisotopic (exact) mass is 320 g/mol. The number of aryl methyl sites for hydroxylation is 2. The van der Waals surface area contributed by atoms with E-state index < -0.39 is 10.4 Å². The van der Waals surface area contributed by atoms with Crippen molar-refractivity contribution in [3.05, 3.63) is 18.2 Å². The summed E-state index contributed by atoms with van der Waals surface area (Å²) in [6.45, 7) is 5.62. The van der Waals surface area contributed by atoms with E-state index in [9.17, 15) is 13.0 Å². The summed E-state index contributed by atoms with van der Waals surface area (Å²) in [5.41, 5.74) is 0. The Balaban J connectivity index is 0.000000567. The van der Waals surface area contributed by atoms with E-state index in [4.69, 9.17) is 0 Å². The molecule has 0 aliphatic carbocycles. The molecule has 0 aliphatic rings. The molecule has 0 saturated heterocycles. The van der Waals surface area contributed by atoms with Crippen LogP contribution in [0.5, 0.6) is 0 Å². The number of imidazole rings is 1. The van der Waals surface area contributed by atoms with E-state index in [0.29, 0.717) is 0 Å². The van der Waals surface area contributed by atoms with E-state index in [1.54, 1.807) is 0 Å². The zero-order chi connectivity index (χ0) is 16.3. The van der Waals surface area contributed by atoms with Crippen LogP contribution in [0.1, 0.15) is 51.3 Å². The average molecular weight is 320 g/mol. The van der Waals surface area contributed by atoms with E-state index in [0.717, 1.165) is 7.11 Å². The molecule has 0 bridgehead atoms. The molecule has 1 aromatic rings. The summed E-state index contributed by atoms with van der Waals surface area (Å²) in [7, 11) is -1.50. The number of aromatic nitrogens is 2. The fourth-order valence-corrected chi connectivity index (χ4v) is 1.90. The van der Waals surface area contributed by atoms with Gasteiger partial charge in [0.15, 0.2) is 0 Å². The molecular formula is C14H28N2O4S. The van der Waals surface area contributed by atoms with E-state index >= 15 is 0 Å². The lowest BCUT2D eigenvalue weighted by molar-refractivity contribution is -0.702. The van der Waals surface area contributed by atoms with Crippen LogP contribution in [-0.4, -0.2) is 24.6 Å². The van der Waals surface area contributed by atoms with Gasteiger partial charge in [0.25, 0.3) is 5.82 Å². The van der Waals surface area contributed by atoms with Gasteiger partial charge in [0, 0.05) is 6.92 Å². The lowest BCUT2D eigenvalue weighted by Crippen LogP contribution is -2.35. The van der Waals surface area contributed by atoms with Crippen molar-refractivity contribution in [2.24, 2.45) is 7.05 Å². The van der Waals surface area contributed by atoms with Gasteiger partial charge in [-0.3, -0.25) is 4.18 Å². The van der Waals surface area contributed by atoms with Crippen LogP contribution < -0.4 is 4.57 Å². The van der Waals surface area contributed by atoms with Crippen LogP contribution in [0.25, 0.3) is 0 Å².